The summed E-state index contributed by atoms with van der Waals surface area (Å²) in [5, 5.41) is 0. The molecule has 166 valence electrons. The molecular weight excluding hydrogens is 386 g/mol. The van der Waals surface area contributed by atoms with Gasteiger partial charge in [-0.1, -0.05) is 18.2 Å². The van der Waals surface area contributed by atoms with E-state index >= 15 is 0 Å². The molecule has 1 aromatic carbocycles. The van der Waals surface area contributed by atoms with E-state index in [1.54, 1.807) is 46.4 Å². The molecule has 0 N–H and O–H groups in total. The maximum absolute atomic E-state index is 11.8. The number of rotatable bonds is 7. The van der Waals surface area contributed by atoms with Crippen molar-refractivity contribution in [2.75, 3.05) is 35.4 Å². The van der Waals surface area contributed by atoms with Gasteiger partial charge in [0.15, 0.2) is 6.29 Å². The third-order valence-corrected chi connectivity index (χ3v) is 5.85. The van der Waals surface area contributed by atoms with Crippen molar-refractivity contribution >= 4 is 12.0 Å². The van der Waals surface area contributed by atoms with Crippen LogP contribution in [0.4, 0.5) is 0 Å². The van der Waals surface area contributed by atoms with Gasteiger partial charge >= 0.3 is 0 Å². The van der Waals surface area contributed by atoms with Gasteiger partial charge in [-0.25, -0.2) is 0 Å². The zero-order valence-corrected chi connectivity index (χ0v) is 18.7. The molecule has 0 bridgehead atoms. The first-order chi connectivity index (χ1) is 14.4. The third kappa shape index (κ3) is 4.92. The minimum Gasteiger partial charge on any atom is -0.376 e. The number of nitrogens with zero attached hydrogens (tertiary/aromatic N) is 1. The average Bonchev–Trinajstić information content (AvgIpc) is 3.12. The quantitative estimate of drug-likeness (QED) is 0.631. The number of carbonyl (C=O) groups is 1. The highest BCUT2D eigenvalue weighted by Gasteiger charge is 2.47. The fourth-order valence-electron chi connectivity index (χ4n) is 4.23. The van der Waals surface area contributed by atoms with Gasteiger partial charge in [-0.3, -0.25) is 4.79 Å². The van der Waals surface area contributed by atoms with E-state index in [0.29, 0.717) is 0 Å². The van der Waals surface area contributed by atoms with E-state index in [1.165, 1.54) is 11.1 Å². The van der Waals surface area contributed by atoms with E-state index < -0.39 is 6.29 Å². The Morgan fingerprint density at radius 1 is 1.03 bits per heavy atom. The topological polar surface area (TPSA) is 66.5 Å². The molecule has 1 aromatic rings. The van der Waals surface area contributed by atoms with Crippen molar-refractivity contribution in [1.29, 1.82) is 0 Å². The number of carbonyl (C=O) groups excluding carboxylic acids is 1. The van der Waals surface area contributed by atoms with E-state index in [4.69, 9.17) is 23.7 Å². The maximum atomic E-state index is 11.8. The van der Waals surface area contributed by atoms with Gasteiger partial charge in [0.05, 0.1) is 12.2 Å². The molecule has 1 unspecified atom stereocenters. The van der Waals surface area contributed by atoms with E-state index in [1.807, 2.05) is 19.1 Å². The van der Waals surface area contributed by atoms with Crippen molar-refractivity contribution in [2.45, 2.75) is 56.6 Å². The monoisotopic (exact) mass is 419 g/mol. The van der Waals surface area contributed by atoms with Crippen LogP contribution in [0.15, 0.2) is 24.3 Å². The van der Waals surface area contributed by atoms with Crippen LogP contribution in [0.1, 0.15) is 23.6 Å². The fraction of sp³-hybridized carbons (Fsp3) is 0.609. The van der Waals surface area contributed by atoms with E-state index in [-0.39, 0.29) is 36.4 Å². The van der Waals surface area contributed by atoms with Crippen molar-refractivity contribution < 1.29 is 28.5 Å². The highest BCUT2D eigenvalue weighted by molar-refractivity contribution is 5.91. The van der Waals surface area contributed by atoms with Crippen LogP contribution in [0.2, 0.25) is 0 Å². The lowest BCUT2D eigenvalue weighted by Gasteiger charge is -2.44. The second-order valence-corrected chi connectivity index (χ2v) is 8.07. The number of methoxy groups -OCH3 is 3. The van der Waals surface area contributed by atoms with Crippen LogP contribution < -0.4 is 0 Å². The Morgan fingerprint density at radius 2 is 1.70 bits per heavy atom. The SMILES string of the molecule is CO[C@@H]1[C@@H](OC)[C@H](C)O[C@@H](OC2Cc3ccc(C=CC(=O)N(C)C)cc3C2)[C@@H]1OC. The second kappa shape index (κ2) is 10.0. The molecule has 1 aliphatic carbocycles. The average molecular weight is 420 g/mol. The van der Waals surface area contributed by atoms with Gasteiger partial charge in [0.1, 0.15) is 18.3 Å². The standard InChI is InChI=1S/C23H33NO6/c1-14-20(26-4)21(27-5)22(28-6)23(29-14)30-18-12-16-9-7-15(11-17(16)13-18)8-10-19(25)24(2)3/h7-11,14,18,20-23H,12-13H2,1-6H3/t14-,18?,20-,21+,22+,23-/m0/s1. The predicted molar refractivity (Wildman–Crippen MR) is 113 cm³/mol. The van der Waals surface area contributed by atoms with Crippen LogP contribution >= 0.6 is 0 Å². The summed E-state index contributed by atoms with van der Waals surface area (Å²) >= 11 is 0. The van der Waals surface area contributed by atoms with Gasteiger partial charge in [-0.2, -0.15) is 0 Å². The van der Waals surface area contributed by atoms with Crippen LogP contribution in [0.25, 0.3) is 6.08 Å². The number of amides is 1. The van der Waals surface area contributed by atoms with Crippen molar-refractivity contribution in [1.82, 2.24) is 4.90 Å². The van der Waals surface area contributed by atoms with Crippen molar-refractivity contribution in [3.63, 3.8) is 0 Å². The van der Waals surface area contributed by atoms with Crippen LogP contribution in [-0.2, 0) is 41.3 Å². The molecule has 30 heavy (non-hydrogen) atoms. The summed E-state index contributed by atoms with van der Waals surface area (Å²) in [5.74, 6) is -0.0343. The zero-order chi connectivity index (χ0) is 21.8. The first-order valence-corrected chi connectivity index (χ1v) is 10.3. The van der Waals surface area contributed by atoms with Gasteiger partial charge in [0.25, 0.3) is 0 Å². The van der Waals surface area contributed by atoms with Gasteiger partial charge in [-0.15, -0.1) is 0 Å². The van der Waals surface area contributed by atoms with Gasteiger partial charge in [0.2, 0.25) is 5.91 Å². The Kier molecular flexibility index (Phi) is 7.65. The Morgan fingerprint density at radius 3 is 2.33 bits per heavy atom. The zero-order valence-electron chi connectivity index (χ0n) is 18.7. The molecule has 3 rings (SSSR count). The molecule has 0 saturated carbocycles. The van der Waals surface area contributed by atoms with Crippen molar-refractivity contribution in [3.05, 3.63) is 41.0 Å². The fourth-order valence-corrected chi connectivity index (χ4v) is 4.23. The third-order valence-electron chi connectivity index (χ3n) is 5.85. The van der Waals surface area contributed by atoms with Crippen LogP contribution in [0, 0.1) is 0 Å². The van der Waals surface area contributed by atoms with Crippen LogP contribution in [0.5, 0.6) is 0 Å². The molecule has 0 aromatic heterocycles. The molecule has 6 atom stereocenters. The summed E-state index contributed by atoms with van der Waals surface area (Å²) < 4.78 is 29.3. The van der Waals surface area contributed by atoms with Crippen molar-refractivity contribution in [3.8, 4) is 0 Å². The lowest BCUT2D eigenvalue weighted by molar-refractivity contribution is -0.314. The number of hydrogen-bond donors (Lipinski definition) is 0. The molecule has 1 saturated heterocycles. The molecule has 0 spiro atoms. The smallest absolute Gasteiger partial charge is 0.246 e. The predicted octanol–water partition coefficient (Wildman–Crippen LogP) is 2.06. The number of benzene rings is 1. The van der Waals surface area contributed by atoms with E-state index in [2.05, 4.69) is 12.1 Å². The van der Waals surface area contributed by atoms with Crippen LogP contribution in [0.3, 0.4) is 0 Å². The molecule has 7 heteroatoms. The second-order valence-electron chi connectivity index (χ2n) is 8.07. The molecule has 7 nitrogen and oxygen atoms in total. The molecule has 2 aliphatic rings. The molecule has 1 amide bonds. The number of ether oxygens (including phenoxy) is 5. The molecular formula is C23H33NO6. The lowest BCUT2D eigenvalue weighted by Crippen LogP contribution is -2.59. The summed E-state index contributed by atoms with van der Waals surface area (Å²) in [4.78, 5) is 13.3. The number of fused-ring (bicyclic) bond motifs is 1. The molecule has 1 aliphatic heterocycles. The molecule has 1 fully saturated rings. The Labute approximate surface area is 178 Å². The summed E-state index contributed by atoms with van der Waals surface area (Å²) in [5.41, 5.74) is 3.49. The maximum Gasteiger partial charge on any atom is 0.246 e. The van der Waals surface area contributed by atoms with Crippen molar-refractivity contribution in [2.24, 2.45) is 0 Å². The Balaban J connectivity index is 1.67. The minimum absolute atomic E-state index is 0.00547. The summed E-state index contributed by atoms with van der Waals surface area (Å²) in [6.45, 7) is 1.96. The highest BCUT2D eigenvalue weighted by atomic mass is 16.7. The highest BCUT2D eigenvalue weighted by Crippen LogP contribution is 2.32. The van der Waals surface area contributed by atoms with Crippen LogP contribution in [-0.4, -0.2) is 83.0 Å². The summed E-state index contributed by atoms with van der Waals surface area (Å²) in [7, 11) is 8.41. The van der Waals surface area contributed by atoms with Gasteiger partial charge < -0.3 is 28.6 Å². The largest absolute Gasteiger partial charge is 0.376 e. The molecule has 0 radical (unpaired) electrons. The Hall–Kier alpha value is -1.77. The van der Waals surface area contributed by atoms with E-state index in [0.717, 1.165) is 18.4 Å². The van der Waals surface area contributed by atoms with Gasteiger partial charge in [0, 0.05) is 41.5 Å². The minimum atomic E-state index is -0.530. The number of likely N-dealkylation sites (N-methyl/N-ethyl adjacent to an activating group) is 1. The normalized spacial score (nSPS) is 31.1. The first kappa shape index (κ1) is 22.9. The van der Waals surface area contributed by atoms with E-state index in [9.17, 15) is 4.79 Å². The number of hydrogen-bond acceptors (Lipinski definition) is 6. The Bertz CT molecular complexity index is 764. The lowest BCUT2D eigenvalue weighted by atomic mass is 9.99. The summed E-state index contributed by atoms with van der Waals surface area (Å²) in [6.07, 6.45) is 3.44. The summed E-state index contributed by atoms with van der Waals surface area (Å²) in [6, 6.07) is 6.26. The first-order valence-electron chi connectivity index (χ1n) is 10.3. The molecule has 1 heterocycles. The van der Waals surface area contributed by atoms with Gasteiger partial charge in [-0.05, 0) is 42.5 Å².